The number of unbranched alkanes of at least 4 members (excludes halogenated alkanes) is 1. The van der Waals surface area contributed by atoms with E-state index in [0.29, 0.717) is 13.0 Å². The topological polar surface area (TPSA) is 102 Å². The average Bonchev–Trinajstić information content (AvgIpc) is 2.02. The van der Waals surface area contributed by atoms with Crippen LogP contribution in [0.5, 0.6) is 0 Å². The second-order valence-corrected chi connectivity index (χ2v) is 3.31. The van der Waals surface area contributed by atoms with Crippen molar-refractivity contribution in [3.63, 3.8) is 0 Å². The fraction of sp³-hybridized carbons (Fsp3) is 1.00. The first-order valence-corrected chi connectivity index (χ1v) is 5.20. The second-order valence-electron chi connectivity index (χ2n) is 2.50. The van der Waals surface area contributed by atoms with Crippen molar-refractivity contribution in [2.24, 2.45) is 11.2 Å². The smallest absolute Gasteiger partial charge is 0.250 e. The first-order chi connectivity index (χ1) is 5.70. The summed E-state index contributed by atoms with van der Waals surface area (Å²) in [6.07, 6.45) is 2.11. The zero-order chi connectivity index (χ0) is 9.40. The minimum absolute atomic E-state index is 0.110. The number of aliphatic hydroxyl groups is 1. The Labute approximate surface area is 73.7 Å². The summed E-state index contributed by atoms with van der Waals surface area (Å²) in [4.78, 5) is 8.69. The van der Waals surface area contributed by atoms with Crippen LogP contribution >= 0.6 is 8.53 Å². The van der Waals surface area contributed by atoms with E-state index >= 15 is 0 Å². The van der Waals surface area contributed by atoms with E-state index in [4.69, 9.17) is 25.8 Å². The van der Waals surface area contributed by atoms with E-state index in [1.807, 2.05) is 0 Å². The van der Waals surface area contributed by atoms with Gasteiger partial charge in [-0.25, -0.2) is 0 Å². The van der Waals surface area contributed by atoms with E-state index in [1.54, 1.807) is 0 Å². The van der Waals surface area contributed by atoms with E-state index in [9.17, 15) is 0 Å². The first-order valence-electron chi connectivity index (χ1n) is 3.92. The number of nitrogens with two attached hydrogens (primary N) is 2. The number of rotatable bonds is 7. The molecule has 5 nitrogen and oxygen atoms in total. The Morgan fingerprint density at radius 3 is 2.50 bits per heavy atom. The van der Waals surface area contributed by atoms with Crippen LogP contribution in [0.15, 0.2) is 0 Å². The Hall–Kier alpha value is 0.230. The summed E-state index contributed by atoms with van der Waals surface area (Å²) in [5, 5.41) is 8.76. The molecule has 0 saturated heterocycles. The van der Waals surface area contributed by atoms with Gasteiger partial charge in [-0.3, -0.25) is 5.50 Å². The maximum atomic E-state index is 8.76. The van der Waals surface area contributed by atoms with Gasteiger partial charge in [-0.05, 0) is 25.8 Å². The van der Waals surface area contributed by atoms with Crippen LogP contribution in [0.3, 0.4) is 0 Å². The second kappa shape index (κ2) is 7.86. The van der Waals surface area contributed by atoms with Gasteiger partial charge in [0.1, 0.15) is 0 Å². The molecule has 6 N–H and O–H groups in total. The van der Waals surface area contributed by atoms with Gasteiger partial charge in [0, 0.05) is 0 Å². The van der Waals surface area contributed by atoms with Crippen LogP contribution in [0.4, 0.5) is 0 Å². The third-order valence-electron chi connectivity index (χ3n) is 1.44. The van der Waals surface area contributed by atoms with E-state index in [1.165, 1.54) is 0 Å². The Morgan fingerprint density at radius 1 is 1.42 bits per heavy atom. The Balaban J connectivity index is 3.39. The van der Waals surface area contributed by atoms with E-state index in [-0.39, 0.29) is 12.7 Å². The van der Waals surface area contributed by atoms with Gasteiger partial charge in [-0.15, -0.1) is 0 Å². The third-order valence-corrected chi connectivity index (χ3v) is 1.96. The van der Waals surface area contributed by atoms with Crippen molar-refractivity contribution in [1.29, 1.82) is 0 Å². The first kappa shape index (κ1) is 12.2. The van der Waals surface area contributed by atoms with Crippen molar-refractivity contribution in [2.45, 2.75) is 25.4 Å². The average molecular weight is 196 g/mol. The van der Waals surface area contributed by atoms with Crippen LogP contribution < -0.4 is 11.2 Å². The lowest BCUT2D eigenvalue weighted by atomic mass is 10.2. The standard InChI is InChI=1S/C6H17N2O3P/c7-4-2-1-3-6(5-9)11-12(8)10/h6,9-10H,1-5,7-8H2. The molecule has 2 unspecified atom stereocenters. The van der Waals surface area contributed by atoms with Gasteiger partial charge in [-0.2, -0.15) is 0 Å². The van der Waals surface area contributed by atoms with Gasteiger partial charge >= 0.3 is 0 Å². The highest BCUT2D eigenvalue weighted by Crippen LogP contribution is 2.24. The van der Waals surface area contributed by atoms with Gasteiger partial charge in [0.15, 0.2) is 0 Å². The monoisotopic (exact) mass is 196 g/mol. The molecule has 0 aliphatic heterocycles. The molecule has 0 aromatic rings. The van der Waals surface area contributed by atoms with E-state index in [0.717, 1.165) is 12.8 Å². The van der Waals surface area contributed by atoms with Crippen LogP contribution in [-0.4, -0.2) is 29.3 Å². The Kier molecular flexibility index (Phi) is 8.01. The van der Waals surface area contributed by atoms with Crippen molar-refractivity contribution in [3.8, 4) is 0 Å². The normalized spacial score (nSPS) is 16.0. The van der Waals surface area contributed by atoms with Gasteiger partial charge < -0.3 is 20.3 Å². The molecule has 2 atom stereocenters. The van der Waals surface area contributed by atoms with E-state index in [2.05, 4.69) is 0 Å². The largest absolute Gasteiger partial charge is 0.394 e. The summed E-state index contributed by atoms with van der Waals surface area (Å²) < 4.78 is 4.85. The van der Waals surface area contributed by atoms with Crippen LogP contribution in [0.2, 0.25) is 0 Å². The molecule has 0 aromatic heterocycles. The van der Waals surface area contributed by atoms with Crippen LogP contribution in [-0.2, 0) is 4.52 Å². The summed E-state index contributed by atoms with van der Waals surface area (Å²) in [6, 6.07) is 0. The molecule has 0 heterocycles. The summed E-state index contributed by atoms with van der Waals surface area (Å²) in [5.41, 5.74) is 10.3. The summed E-state index contributed by atoms with van der Waals surface area (Å²) >= 11 is 0. The Morgan fingerprint density at radius 2 is 2.08 bits per heavy atom. The molecule has 6 heteroatoms. The van der Waals surface area contributed by atoms with Gasteiger partial charge in [0.25, 0.3) is 0 Å². The molecule has 0 saturated carbocycles. The fourth-order valence-electron chi connectivity index (χ4n) is 0.846. The lowest BCUT2D eigenvalue weighted by molar-refractivity contribution is 0.108. The highest BCUT2D eigenvalue weighted by Gasteiger charge is 2.10. The maximum Gasteiger partial charge on any atom is 0.250 e. The molecule has 0 aliphatic carbocycles. The molecule has 0 radical (unpaired) electrons. The quantitative estimate of drug-likeness (QED) is 0.330. The fourth-order valence-corrected chi connectivity index (χ4v) is 1.32. The molecule has 0 fully saturated rings. The maximum absolute atomic E-state index is 8.76. The molecule has 0 bridgehead atoms. The zero-order valence-electron chi connectivity index (χ0n) is 7.02. The van der Waals surface area contributed by atoms with Crippen molar-refractivity contribution in [2.75, 3.05) is 13.2 Å². The number of hydrogen-bond donors (Lipinski definition) is 4. The molecule has 12 heavy (non-hydrogen) atoms. The number of hydrogen-bond acceptors (Lipinski definition) is 5. The van der Waals surface area contributed by atoms with Crippen molar-refractivity contribution < 1.29 is 14.5 Å². The van der Waals surface area contributed by atoms with Crippen molar-refractivity contribution >= 4 is 8.53 Å². The van der Waals surface area contributed by atoms with E-state index < -0.39 is 8.53 Å². The lowest BCUT2D eigenvalue weighted by Gasteiger charge is -2.15. The van der Waals surface area contributed by atoms with Gasteiger partial charge in [0.05, 0.1) is 12.7 Å². The molecule has 0 rings (SSSR count). The SMILES string of the molecule is NCCCCC(CO)OP(N)O. The number of aliphatic hydroxyl groups excluding tert-OH is 1. The molecule has 74 valence electrons. The molecule has 0 aromatic carbocycles. The predicted octanol–water partition coefficient (Wildman–Crippen LogP) is -0.329. The van der Waals surface area contributed by atoms with Gasteiger partial charge in [-0.1, -0.05) is 0 Å². The molecular formula is C6H17N2O3P. The van der Waals surface area contributed by atoms with Crippen molar-refractivity contribution in [3.05, 3.63) is 0 Å². The Bertz CT molecular complexity index is 105. The molecule has 0 aliphatic rings. The summed E-state index contributed by atoms with van der Waals surface area (Å²) in [6.45, 7) is 0.524. The molecular weight excluding hydrogens is 179 g/mol. The van der Waals surface area contributed by atoms with Crippen LogP contribution in [0.1, 0.15) is 19.3 Å². The zero-order valence-corrected chi connectivity index (χ0v) is 7.91. The minimum atomic E-state index is -1.86. The summed E-state index contributed by atoms with van der Waals surface area (Å²) in [5.74, 6) is 0. The predicted molar refractivity (Wildman–Crippen MR) is 48.2 cm³/mol. The highest BCUT2D eigenvalue weighted by atomic mass is 31.2. The van der Waals surface area contributed by atoms with Crippen molar-refractivity contribution in [1.82, 2.24) is 0 Å². The minimum Gasteiger partial charge on any atom is -0.394 e. The third kappa shape index (κ3) is 6.91. The molecule has 0 amide bonds. The summed E-state index contributed by atoms with van der Waals surface area (Å²) in [7, 11) is -1.86. The molecule has 0 spiro atoms. The lowest BCUT2D eigenvalue weighted by Crippen LogP contribution is -2.17. The highest BCUT2D eigenvalue weighted by molar-refractivity contribution is 7.43. The van der Waals surface area contributed by atoms with Crippen LogP contribution in [0, 0.1) is 0 Å². The van der Waals surface area contributed by atoms with Gasteiger partial charge in [0.2, 0.25) is 8.53 Å². The van der Waals surface area contributed by atoms with Crippen LogP contribution in [0.25, 0.3) is 0 Å².